The molecule has 0 radical (unpaired) electrons. The lowest BCUT2D eigenvalue weighted by molar-refractivity contribution is -0.129. The lowest BCUT2D eigenvalue weighted by atomic mass is 10.0. The van der Waals surface area contributed by atoms with Gasteiger partial charge >= 0.3 is 0 Å². The maximum atomic E-state index is 12.9. The van der Waals surface area contributed by atoms with Gasteiger partial charge in [0.15, 0.2) is 11.5 Å². The number of nitrogens with zero attached hydrogens (tertiary/aromatic N) is 1. The van der Waals surface area contributed by atoms with Gasteiger partial charge < -0.3 is 19.7 Å². The fourth-order valence-electron chi connectivity index (χ4n) is 3.97. The van der Waals surface area contributed by atoms with E-state index >= 15 is 0 Å². The van der Waals surface area contributed by atoms with Crippen molar-refractivity contribution in [2.75, 3.05) is 27.3 Å². The summed E-state index contributed by atoms with van der Waals surface area (Å²) < 4.78 is 10.6. The summed E-state index contributed by atoms with van der Waals surface area (Å²) in [5.41, 5.74) is 3.34. The monoisotopic (exact) mass is 424 g/mol. The van der Waals surface area contributed by atoms with Gasteiger partial charge in [-0.1, -0.05) is 42.8 Å². The molecule has 1 heterocycles. The number of carbonyl (C=O) groups excluding carboxylic acids is 2. The standard InChI is InChI=1S/C25H32N2O4/c1-5-21(19-9-6-17(2)7-10-19)26-25(29)20-15-24(28)27(16-20)13-12-18-8-11-22(30-3)23(14-18)31-4/h6-11,14,20-21H,5,12-13,15-16H2,1-4H3,(H,26,29). The third-order valence-corrected chi connectivity index (χ3v) is 5.91. The van der Waals surface area contributed by atoms with E-state index in [0.29, 0.717) is 31.0 Å². The van der Waals surface area contributed by atoms with Gasteiger partial charge in [0.25, 0.3) is 0 Å². The van der Waals surface area contributed by atoms with E-state index in [0.717, 1.165) is 17.5 Å². The maximum Gasteiger partial charge on any atom is 0.225 e. The van der Waals surface area contributed by atoms with Crippen LogP contribution in [0.5, 0.6) is 11.5 Å². The van der Waals surface area contributed by atoms with Crippen LogP contribution in [0.1, 0.15) is 42.5 Å². The highest BCUT2D eigenvalue weighted by Crippen LogP contribution is 2.28. The molecule has 1 N–H and O–H groups in total. The largest absolute Gasteiger partial charge is 0.493 e. The minimum absolute atomic E-state index is 0.0315. The molecule has 0 saturated carbocycles. The molecule has 2 atom stereocenters. The molecular weight excluding hydrogens is 392 g/mol. The predicted molar refractivity (Wildman–Crippen MR) is 120 cm³/mol. The van der Waals surface area contributed by atoms with Gasteiger partial charge in [-0.3, -0.25) is 9.59 Å². The number of carbonyl (C=O) groups is 2. The second-order valence-corrected chi connectivity index (χ2v) is 8.06. The number of nitrogens with one attached hydrogen (secondary N) is 1. The molecule has 0 spiro atoms. The Morgan fingerprint density at radius 2 is 1.84 bits per heavy atom. The normalized spacial score (nSPS) is 16.8. The van der Waals surface area contributed by atoms with E-state index in [9.17, 15) is 9.59 Å². The SMILES string of the molecule is CCC(NC(=O)C1CC(=O)N(CCc2ccc(OC)c(OC)c2)C1)c1ccc(C)cc1. The number of likely N-dealkylation sites (tertiary alicyclic amines) is 1. The van der Waals surface area contributed by atoms with Crippen LogP contribution in [0, 0.1) is 12.8 Å². The summed E-state index contributed by atoms with van der Waals surface area (Å²) in [5, 5.41) is 3.14. The quantitative estimate of drug-likeness (QED) is 0.667. The topological polar surface area (TPSA) is 67.9 Å². The fraction of sp³-hybridized carbons (Fsp3) is 0.440. The molecule has 1 saturated heterocycles. The number of hydrogen-bond donors (Lipinski definition) is 1. The van der Waals surface area contributed by atoms with Gasteiger partial charge in [0.2, 0.25) is 11.8 Å². The van der Waals surface area contributed by atoms with Crippen molar-refractivity contribution in [1.82, 2.24) is 10.2 Å². The van der Waals surface area contributed by atoms with Crippen molar-refractivity contribution in [3.05, 3.63) is 59.2 Å². The van der Waals surface area contributed by atoms with E-state index in [4.69, 9.17) is 9.47 Å². The second kappa shape index (κ2) is 10.3. The van der Waals surface area contributed by atoms with E-state index in [1.165, 1.54) is 5.56 Å². The first-order valence-corrected chi connectivity index (χ1v) is 10.8. The Labute approximate surface area is 184 Å². The molecule has 31 heavy (non-hydrogen) atoms. The van der Waals surface area contributed by atoms with Crippen molar-refractivity contribution >= 4 is 11.8 Å². The lowest BCUT2D eigenvalue weighted by Crippen LogP contribution is -2.35. The third-order valence-electron chi connectivity index (χ3n) is 5.91. The number of rotatable bonds is 9. The van der Waals surface area contributed by atoms with Gasteiger partial charge in [-0.05, 0) is 43.0 Å². The molecule has 2 amide bonds. The maximum absolute atomic E-state index is 12.9. The number of methoxy groups -OCH3 is 2. The Balaban J connectivity index is 1.56. The van der Waals surface area contributed by atoms with Crippen LogP contribution >= 0.6 is 0 Å². The number of benzene rings is 2. The van der Waals surface area contributed by atoms with Crippen LogP contribution in [0.3, 0.4) is 0 Å². The molecular formula is C25H32N2O4. The van der Waals surface area contributed by atoms with E-state index in [1.54, 1.807) is 19.1 Å². The lowest BCUT2D eigenvalue weighted by Gasteiger charge is -2.21. The van der Waals surface area contributed by atoms with Crippen LogP contribution in [-0.2, 0) is 16.0 Å². The molecule has 3 rings (SSSR count). The highest BCUT2D eigenvalue weighted by molar-refractivity contribution is 5.89. The summed E-state index contributed by atoms with van der Waals surface area (Å²) in [4.78, 5) is 27.1. The Morgan fingerprint density at radius 1 is 1.13 bits per heavy atom. The van der Waals surface area contributed by atoms with Crippen molar-refractivity contribution in [2.45, 2.75) is 39.2 Å². The summed E-state index contributed by atoms with van der Waals surface area (Å²) in [6.07, 6.45) is 1.77. The average Bonchev–Trinajstić information content (AvgIpc) is 3.17. The van der Waals surface area contributed by atoms with Crippen molar-refractivity contribution in [3.63, 3.8) is 0 Å². The molecule has 6 nitrogen and oxygen atoms in total. The summed E-state index contributed by atoms with van der Waals surface area (Å²) in [5.74, 6) is 1.03. The summed E-state index contributed by atoms with van der Waals surface area (Å²) in [6, 6.07) is 13.9. The van der Waals surface area contributed by atoms with Gasteiger partial charge in [0.05, 0.1) is 26.2 Å². The number of hydrogen-bond acceptors (Lipinski definition) is 4. The van der Waals surface area contributed by atoms with Gasteiger partial charge in [0, 0.05) is 19.5 Å². The molecule has 6 heteroatoms. The Hall–Kier alpha value is -3.02. The summed E-state index contributed by atoms with van der Waals surface area (Å²) in [6.45, 7) is 5.14. The number of amides is 2. The average molecular weight is 425 g/mol. The highest BCUT2D eigenvalue weighted by atomic mass is 16.5. The second-order valence-electron chi connectivity index (χ2n) is 8.06. The highest BCUT2D eigenvalue weighted by Gasteiger charge is 2.34. The molecule has 1 aliphatic heterocycles. The van der Waals surface area contributed by atoms with Crippen molar-refractivity contribution < 1.29 is 19.1 Å². The van der Waals surface area contributed by atoms with E-state index in [1.807, 2.05) is 25.1 Å². The van der Waals surface area contributed by atoms with Gasteiger partial charge in [0.1, 0.15) is 0 Å². The van der Waals surface area contributed by atoms with E-state index in [2.05, 4.69) is 36.5 Å². The molecule has 0 bridgehead atoms. The Morgan fingerprint density at radius 3 is 2.48 bits per heavy atom. The van der Waals surface area contributed by atoms with E-state index < -0.39 is 0 Å². The molecule has 0 aromatic heterocycles. The molecule has 1 fully saturated rings. The predicted octanol–water partition coefficient (Wildman–Crippen LogP) is 3.67. The summed E-state index contributed by atoms with van der Waals surface area (Å²) in [7, 11) is 3.21. The smallest absolute Gasteiger partial charge is 0.225 e. The number of ether oxygens (including phenoxy) is 2. The Kier molecular flexibility index (Phi) is 7.55. The van der Waals surface area contributed by atoms with Crippen LogP contribution in [0.25, 0.3) is 0 Å². The summed E-state index contributed by atoms with van der Waals surface area (Å²) >= 11 is 0. The van der Waals surface area contributed by atoms with Crippen LogP contribution in [0.15, 0.2) is 42.5 Å². The van der Waals surface area contributed by atoms with Crippen LogP contribution in [-0.4, -0.2) is 44.0 Å². The Bertz CT molecular complexity index is 910. The third kappa shape index (κ3) is 5.57. The molecule has 1 aliphatic rings. The van der Waals surface area contributed by atoms with Gasteiger partial charge in [-0.2, -0.15) is 0 Å². The fourth-order valence-corrected chi connectivity index (χ4v) is 3.97. The van der Waals surface area contributed by atoms with Crippen molar-refractivity contribution in [2.24, 2.45) is 5.92 Å². The van der Waals surface area contributed by atoms with Crippen LogP contribution < -0.4 is 14.8 Å². The molecule has 166 valence electrons. The molecule has 2 aromatic carbocycles. The number of aryl methyl sites for hydroxylation is 1. The molecule has 2 aromatic rings. The zero-order valence-corrected chi connectivity index (χ0v) is 18.8. The molecule has 2 unspecified atom stereocenters. The minimum Gasteiger partial charge on any atom is -0.493 e. The first kappa shape index (κ1) is 22.7. The molecule has 0 aliphatic carbocycles. The first-order valence-electron chi connectivity index (χ1n) is 10.8. The zero-order valence-electron chi connectivity index (χ0n) is 18.8. The zero-order chi connectivity index (χ0) is 22.4. The van der Waals surface area contributed by atoms with Crippen LogP contribution in [0.4, 0.5) is 0 Å². The van der Waals surface area contributed by atoms with E-state index in [-0.39, 0.29) is 30.2 Å². The van der Waals surface area contributed by atoms with Gasteiger partial charge in [-0.15, -0.1) is 0 Å². The van der Waals surface area contributed by atoms with Crippen molar-refractivity contribution in [1.29, 1.82) is 0 Å². The minimum atomic E-state index is -0.308. The van der Waals surface area contributed by atoms with Crippen molar-refractivity contribution in [3.8, 4) is 11.5 Å². The first-order chi connectivity index (χ1) is 14.9. The van der Waals surface area contributed by atoms with Crippen LogP contribution in [0.2, 0.25) is 0 Å². The van der Waals surface area contributed by atoms with Gasteiger partial charge in [-0.25, -0.2) is 0 Å².